The molecule has 0 bridgehead atoms. The molecule has 2 aromatic heterocycles. The summed E-state index contributed by atoms with van der Waals surface area (Å²) in [6, 6.07) is 5.17. The van der Waals surface area contributed by atoms with Gasteiger partial charge in [0.05, 0.1) is 11.3 Å². The molecule has 7 heteroatoms. The van der Waals surface area contributed by atoms with Crippen LogP contribution in [0.3, 0.4) is 0 Å². The highest BCUT2D eigenvalue weighted by atomic mass is 32.1. The van der Waals surface area contributed by atoms with Crippen molar-refractivity contribution in [2.45, 2.75) is 25.3 Å². The van der Waals surface area contributed by atoms with Crippen LogP contribution in [0.15, 0.2) is 30.5 Å². The molecule has 1 fully saturated rings. The van der Waals surface area contributed by atoms with Crippen LogP contribution in [0.5, 0.6) is 0 Å². The van der Waals surface area contributed by atoms with Crippen LogP contribution in [0.1, 0.15) is 34.0 Å². The maximum absolute atomic E-state index is 13.8. The van der Waals surface area contributed by atoms with E-state index in [1.807, 2.05) is 6.92 Å². The first-order valence-electron chi connectivity index (χ1n) is 7.51. The third kappa shape index (κ3) is 2.65. The van der Waals surface area contributed by atoms with Crippen molar-refractivity contribution in [1.82, 2.24) is 14.7 Å². The maximum Gasteiger partial charge on any atom is 0.253 e. The fourth-order valence-corrected chi connectivity index (χ4v) is 3.55. The van der Waals surface area contributed by atoms with Crippen LogP contribution in [0, 0.1) is 18.6 Å². The molecule has 122 valence electrons. The van der Waals surface area contributed by atoms with Gasteiger partial charge in [0, 0.05) is 29.6 Å². The van der Waals surface area contributed by atoms with Crippen molar-refractivity contribution in [3.8, 4) is 0 Å². The van der Waals surface area contributed by atoms with Gasteiger partial charge >= 0.3 is 0 Å². The number of benzene rings is 1. The summed E-state index contributed by atoms with van der Waals surface area (Å²) in [6.45, 7) is 1.87. The number of nitrogens with zero attached hydrogens (tertiary/aromatic N) is 2. The lowest BCUT2D eigenvalue weighted by molar-refractivity contribution is 0.0950. The Bertz CT molecular complexity index is 956. The molecule has 24 heavy (non-hydrogen) atoms. The lowest BCUT2D eigenvalue weighted by Crippen LogP contribution is -2.26. The Kier molecular flexibility index (Phi) is 3.53. The molecule has 1 saturated carbocycles. The van der Waals surface area contributed by atoms with Crippen molar-refractivity contribution in [3.05, 3.63) is 58.9 Å². The van der Waals surface area contributed by atoms with Gasteiger partial charge in [0.15, 0.2) is 0 Å². The highest BCUT2D eigenvalue weighted by Gasteiger charge is 2.41. The molecule has 2 atom stereocenters. The normalized spacial score (nSPS) is 19.5. The fraction of sp³-hybridized carbons (Fsp3) is 0.235. The zero-order valence-electron chi connectivity index (χ0n) is 12.7. The Morgan fingerprint density at radius 3 is 2.96 bits per heavy atom. The first kappa shape index (κ1) is 15.1. The lowest BCUT2D eigenvalue weighted by atomic mass is 10.1. The van der Waals surface area contributed by atoms with Crippen LogP contribution in [-0.4, -0.2) is 21.3 Å². The Balaban J connectivity index is 1.49. The zero-order chi connectivity index (χ0) is 16.8. The Morgan fingerprint density at radius 1 is 1.33 bits per heavy atom. The predicted octanol–water partition coefficient (Wildman–Crippen LogP) is 3.56. The summed E-state index contributed by atoms with van der Waals surface area (Å²) >= 11 is 1.30. The summed E-state index contributed by atoms with van der Waals surface area (Å²) in [7, 11) is 0. The number of carbonyl (C=O) groups excluding carboxylic acids is 1. The van der Waals surface area contributed by atoms with E-state index in [0.29, 0.717) is 17.5 Å². The average Bonchev–Trinajstić information content (AvgIpc) is 3.20. The van der Waals surface area contributed by atoms with E-state index in [9.17, 15) is 13.6 Å². The van der Waals surface area contributed by atoms with E-state index in [0.717, 1.165) is 22.0 Å². The van der Waals surface area contributed by atoms with Gasteiger partial charge in [-0.25, -0.2) is 13.8 Å². The molecular formula is C17H13F2N3OS. The second-order valence-electron chi connectivity index (χ2n) is 5.93. The first-order valence-corrected chi connectivity index (χ1v) is 8.28. The van der Waals surface area contributed by atoms with Gasteiger partial charge < -0.3 is 5.32 Å². The minimum Gasteiger partial charge on any atom is -0.349 e. The number of hydrogen-bond donors (Lipinski definition) is 1. The van der Waals surface area contributed by atoms with E-state index in [1.54, 1.807) is 6.07 Å². The summed E-state index contributed by atoms with van der Waals surface area (Å²) in [5, 5.41) is 3.75. The van der Waals surface area contributed by atoms with Gasteiger partial charge in [-0.2, -0.15) is 4.37 Å². The van der Waals surface area contributed by atoms with Crippen LogP contribution in [-0.2, 0) is 0 Å². The van der Waals surface area contributed by atoms with Crippen LogP contribution in [0.25, 0.3) is 10.2 Å². The zero-order valence-corrected chi connectivity index (χ0v) is 13.5. The minimum atomic E-state index is -0.600. The van der Waals surface area contributed by atoms with Crippen LogP contribution >= 0.6 is 11.5 Å². The number of halogens is 2. The van der Waals surface area contributed by atoms with Crippen molar-refractivity contribution in [1.29, 1.82) is 0 Å². The monoisotopic (exact) mass is 345 g/mol. The van der Waals surface area contributed by atoms with Gasteiger partial charge in [0.2, 0.25) is 0 Å². The predicted molar refractivity (Wildman–Crippen MR) is 87.1 cm³/mol. The molecule has 0 unspecified atom stereocenters. The average molecular weight is 345 g/mol. The number of nitrogens with one attached hydrogen (secondary N) is 1. The number of fused-ring (bicyclic) bond motifs is 1. The Morgan fingerprint density at radius 2 is 2.17 bits per heavy atom. The fourth-order valence-electron chi connectivity index (χ4n) is 2.82. The van der Waals surface area contributed by atoms with Gasteiger partial charge in [0.1, 0.15) is 16.5 Å². The van der Waals surface area contributed by atoms with Crippen molar-refractivity contribution in [2.75, 3.05) is 0 Å². The first-order chi connectivity index (χ1) is 11.5. The Labute approximate surface area is 140 Å². The standard InChI is InChI=1S/C17H13F2N3OS/c1-8-12-4-9(7-20-17(12)24-22-8)16(23)21-15-6-13(15)11-3-2-10(18)5-14(11)19/h2-5,7,13,15H,6H2,1H3,(H,21,23)/t13-,15+/m0/s1. The molecule has 0 spiro atoms. The highest BCUT2D eigenvalue weighted by molar-refractivity contribution is 7.12. The van der Waals surface area contributed by atoms with Gasteiger partial charge in [-0.15, -0.1) is 0 Å². The van der Waals surface area contributed by atoms with Gasteiger partial charge in [0.25, 0.3) is 5.91 Å². The minimum absolute atomic E-state index is 0.115. The summed E-state index contributed by atoms with van der Waals surface area (Å²) in [6.07, 6.45) is 2.16. The highest BCUT2D eigenvalue weighted by Crippen LogP contribution is 2.42. The van der Waals surface area contributed by atoms with E-state index in [4.69, 9.17) is 0 Å². The lowest BCUT2D eigenvalue weighted by Gasteiger charge is -2.06. The quantitative estimate of drug-likeness (QED) is 0.790. The van der Waals surface area contributed by atoms with Crippen molar-refractivity contribution < 1.29 is 13.6 Å². The number of rotatable bonds is 3. The van der Waals surface area contributed by atoms with Gasteiger partial charge in [-0.1, -0.05) is 6.07 Å². The number of aromatic nitrogens is 2. The van der Waals surface area contributed by atoms with E-state index in [2.05, 4.69) is 14.7 Å². The van der Waals surface area contributed by atoms with E-state index in [-0.39, 0.29) is 17.9 Å². The molecule has 0 saturated heterocycles. The number of amides is 1. The van der Waals surface area contributed by atoms with Crippen molar-refractivity contribution in [3.63, 3.8) is 0 Å². The molecule has 2 heterocycles. The van der Waals surface area contributed by atoms with Crippen molar-refractivity contribution >= 4 is 27.7 Å². The van der Waals surface area contributed by atoms with E-state index >= 15 is 0 Å². The third-order valence-electron chi connectivity index (χ3n) is 4.24. The molecule has 3 aromatic rings. The summed E-state index contributed by atoms with van der Waals surface area (Å²) in [5.41, 5.74) is 1.74. The summed E-state index contributed by atoms with van der Waals surface area (Å²) in [5.74, 6) is -1.53. The molecule has 1 N–H and O–H groups in total. The molecule has 1 amide bonds. The number of hydrogen-bond acceptors (Lipinski definition) is 4. The van der Waals surface area contributed by atoms with E-state index < -0.39 is 11.6 Å². The molecule has 0 aliphatic heterocycles. The maximum atomic E-state index is 13.8. The second kappa shape index (κ2) is 5.59. The van der Waals surface area contributed by atoms with Crippen molar-refractivity contribution in [2.24, 2.45) is 0 Å². The molecule has 1 aromatic carbocycles. The summed E-state index contributed by atoms with van der Waals surface area (Å²) in [4.78, 5) is 17.4. The summed E-state index contributed by atoms with van der Waals surface area (Å²) < 4.78 is 31.0. The van der Waals surface area contributed by atoms with Crippen LogP contribution in [0.4, 0.5) is 8.78 Å². The molecule has 4 rings (SSSR count). The largest absolute Gasteiger partial charge is 0.349 e. The second-order valence-corrected chi connectivity index (χ2v) is 6.68. The van der Waals surface area contributed by atoms with Gasteiger partial charge in [-0.3, -0.25) is 4.79 Å². The third-order valence-corrected chi connectivity index (χ3v) is 5.10. The molecular weight excluding hydrogens is 332 g/mol. The molecule has 4 nitrogen and oxygen atoms in total. The molecule has 1 aliphatic carbocycles. The SMILES string of the molecule is Cc1nsc2ncc(C(=O)N[C@@H]3C[C@H]3c3ccc(F)cc3F)cc12. The van der Waals surface area contributed by atoms with Crippen LogP contribution < -0.4 is 5.32 Å². The topological polar surface area (TPSA) is 54.9 Å². The number of carbonyl (C=O) groups is 1. The van der Waals surface area contributed by atoms with E-state index in [1.165, 1.54) is 29.9 Å². The molecule has 0 radical (unpaired) electrons. The number of aryl methyl sites for hydroxylation is 1. The van der Waals surface area contributed by atoms with Crippen LogP contribution in [0.2, 0.25) is 0 Å². The van der Waals surface area contributed by atoms with Gasteiger partial charge in [-0.05, 0) is 42.6 Å². The molecule has 1 aliphatic rings. The number of pyridine rings is 1. The Hall–Kier alpha value is -2.41. The smallest absolute Gasteiger partial charge is 0.253 e.